The number of pyridine rings is 1. The molecule has 2 amide bonds. The molecule has 0 N–H and O–H groups in total. The molecule has 2 heterocycles. The smallest absolute Gasteiger partial charge is 0.319 e. The fourth-order valence-electron chi connectivity index (χ4n) is 2.65. The summed E-state index contributed by atoms with van der Waals surface area (Å²) in [5.41, 5.74) is 3.09. The highest BCUT2D eigenvalue weighted by Crippen LogP contribution is 2.17. The maximum atomic E-state index is 12.3. The van der Waals surface area contributed by atoms with Gasteiger partial charge in [-0.25, -0.2) is 9.78 Å². The van der Waals surface area contributed by atoms with Crippen LogP contribution in [0.4, 0.5) is 4.79 Å². The van der Waals surface area contributed by atoms with Crippen LogP contribution in [0.25, 0.3) is 0 Å². The van der Waals surface area contributed by atoms with Crippen LogP contribution in [0.2, 0.25) is 0 Å². The van der Waals surface area contributed by atoms with Gasteiger partial charge >= 0.3 is 6.03 Å². The summed E-state index contributed by atoms with van der Waals surface area (Å²) in [6.07, 6.45) is 3.80. The van der Waals surface area contributed by atoms with E-state index >= 15 is 0 Å². The number of allylic oxidation sites excluding steroid dienone is 1. The molecule has 0 unspecified atom stereocenters. The van der Waals surface area contributed by atoms with Crippen LogP contribution in [0, 0.1) is 18.8 Å². The molecule has 23 heavy (non-hydrogen) atoms. The van der Waals surface area contributed by atoms with E-state index in [0.717, 1.165) is 50.4 Å². The van der Waals surface area contributed by atoms with Crippen molar-refractivity contribution in [1.29, 1.82) is 0 Å². The van der Waals surface area contributed by atoms with Crippen molar-refractivity contribution in [1.82, 2.24) is 14.8 Å². The van der Waals surface area contributed by atoms with Gasteiger partial charge in [-0.2, -0.15) is 0 Å². The molecule has 1 aromatic heterocycles. The van der Waals surface area contributed by atoms with Gasteiger partial charge in [0.15, 0.2) is 0 Å². The van der Waals surface area contributed by atoms with Crippen LogP contribution in [0.5, 0.6) is 0 Å². The third kappa shape index (κ3) is 4.85. The Labute approximate surface area is 139 Å². The summed E-state index contributed by atoms with van der Waals surface area (Å²) < 4.78 is 0. The Morgan fingerprint density at radius 3 is 2.61 bits per heavy atom. The minimum Gasteiger partial charge on any atom is -0.325 e. The van der Waals surface area contributed by atoms with E-state index < -0.39 is 0 Å². The summed E-state index contributed by atoms with van der Waals surface area (Å²) in [6.45, 7) is 9.10. The molecule has 1 aliphatic heterocycles. The van der Waals surface area contributed by atoms with E-state index in [-0.39, 0.29) is 6.03 Å². The predicted octanol–water partition coefficient (Wildman–Crippen LogP) is 3.23. The van der Waals surface area contributed by atoms with Crippen molar-refractivity contribution in [3.05, 3.63) is 41.2 Å². The second-order valence-corrected chi connectivity index (χ2v) is 5.68. The van der Waals surface area contributed by atoms with Gasteiger partial charge in [0.1, 0.15) is 5.69 Å². The molecule has 1 fully saturated rings. The van der Waals surface area contributed by atoms with Gasteiger partial charge in [0, 0.05) is 31.9 Å². The van der Waals surface area contributed by atoms with E-state index in [1.54, 1.807) is 0 Å². The quantitative estimate of drug-likeness (QED) is 0.786. The predicted molar refractivity (Wildman–Crippen MR) is 93.1 cm³/mol. The van der Waals surface area contributed by atoms with Crippen molar-refractivity contribution in [2.75, 3.05) is 26.2 Å². The number of urea groups is 1. The van der Waals surface area contributed by atoms with Crippen molar-refractivity contribution in [3.8, 4) is 11.8 Å². The lowest BCUT2D eigenvalue weighted by Gasteiger charge is -2.32. The maximum Gasteiger partial charge on any atom is 0.319 e. The lowest BCUT2D eigenvalue weighted by Crippen LogP contribution is -2.45. The lowest BCUT2D eigenvalue weighted by atomic mass is 10.0. The molecule has 1 aromatic rings. The highest BCUT2D eigenvalue weighted by atomic mass is 16.2. The number of rotatable bonds is 2. The van der Waals surface area contributed by atoms with Crippen LogP contribution < -0.4 is 0 Å². The first-order chi connectivity index (χ1) is 11.1. The van der Waals surface area contributed by atoms with E-state index in [2.05, 4.69) is 16.8 Å². The number of hydrogen-bond acceptors (Lipinski definition) is 2. The number of aryl methyl sites for hydroxylation is 1. The SMILES string of the molecule is CCN(CC)C(=O)N1CCC(=CC#Cc2cccc(C)n2)CC1. The average molecular weight is 311 g/mol. The summed E-state index contributed by atoms with van der Waals surface area (Å²) in [4.78, 5) is 20.5. The Morgan fingerprint density at radius 2 is 2.00 bits per heavy atom. The van der Waals surface area contributed by atoms with Crippen LogP contribution in [0.15, 0.2) is 29.8 Å². The zero-order valence-corrected chi connectivity index (χ0v) is 14.3. The first-order valence-corrected chi connectivity index (χ1v) is 8.31. The average Bonchev–Trinajstić information content (AvgIpc) is 2.56. The number of piperidine rings is 1. The van der Waals surface area contributed by atoms with Crippen LogP contribution >= 0.6 is 0 Å². The molecule has 0 atom stereocenters. The van der Waals surface area contributed by atoms with Gasteiger partial charge in [-0.05, 0) is 57.7 Å². The van der Waals surface area contributed by atoms with Crippen molar-refractivity contribution >= 4 is 6.03 Å². The molecule has 0 bridgehead atoms. The summed E-state index contributed by atoms with van der Waals surface area (Å²) in [5, 5.41) is 0. The number of aromatic nitrogens is 1. The molecule has 1 saturated heterocycles. The molecule has 0 saturated carbocycles. The Bertz CT molecular complexity index is 626. The highest BCUT2D eigenvalue weighted by Gasteiger charge is 2.21. The second-order valence-electron chi connectivity index (χ2n) is 5.68. The molecule has 0 spiro atoms. The molecular formula is C19H25N3O. The first-order valence-electron chi connectivity index (χ1n) is 8.31. The molecule has 0 radical (unpaired) electrons. The fourth-order valence-corrected chi connectivity index (χ4v) is 2.65. The van der Waals surface area contributed by atoms with Gasteiger partial charge in [-0.3, -0.25) is 0 Å². The van der Waals surface area contributed by atoms with Crippen LogP contribution in [-0.4, -0.2) is 47.0 Å². The lowest BCUT2D eigenvalue weighted by molar-refractivity contribution is 0.154. The van der Waals surface area contributed by atoms with E-state index in [4.69, 9.17) is 0 Å². The van der Waals surface area contributed by atoms with Gasteiger partial charge in [0.05, 0.1) is 0 Å². The molecule has 1 aliphatic rings. The first kappa shape index (κ1) is 17.1. The standard InChI is InChI=1S/C19H25N3O/c1-4-21(5-2)19(23)22-14-12-17(13-15-22)9-7-11-18-10-6-8-16(3)20-18/h6,8-10H,4-5,12-15H2,1-3H3. The van der Waals surface area contributed by atoms with Gasteiger partial charge in [0.25, 0.3) is 0 Å². The number of likely N-dealkylation sites (tertiary alicyclic amines) is 1. The Kier molecular flexibility index (Phi) is 6.22. The van der Waals surface area contributed by atoms with Crippen LogP contribution in [0.3, 0.4) is 0 Å². The normalized spacial score (nSPS) is 14.0. The van der Waals surface area contributed by atoms with Crippen molar-refractivity contribution < 1.29 is 4.79 Å². The van der Waals surface area contributed by atoms with E-state index in [1.807, 2.05) is 54.8 Å². The van der Waals surface area contributed by atoms with Crippen LogP contribution in [0.1, 0.15) is 38.1 Å². The number of carbonyl (C=O) groups excluding carboxylic acids is 1. The van der Waals surface area contributed by atoms with E-state index in [0.29, 0.717) is 0 Å². The van der Waals surface area contributed by atoms with Crippen molar-refractivity contribution in [2.45, 2.75) is 33.6 Å². The molecular weight excluding hydrogens is 286 g/mol. The molecule has 0 aromatic carbocycles. The summed E-state index contributed by atoms with van der Waals surface area (Å²) in [5.74, 6) is 6.18. The number of amides is 2. The highest BCUT2D eigenvalue weighted by molar-refractivity contribution is 5.74. The monoisotopic (exact) mass is 311 g/mol. The number of hydrogen-bond donors (Lipinski definition) is 0. The Morgan fingerprint density at radius 1 is 1.30 bits per heavy atom. The molecule has 122 valence electrons. The van der Waals surface area contributed by atoms with Crippen LogP contribution in [-0.2, 0) is 0 Å². The summed E-state index contributed by atoms with van der Waals surface area (Å²) in [6, 6.07) is 6.01. The topological polar surface area (TPSA) is 36.4 Å². The summed E-state index contributed by atoms with van der Waals surface area (Å²) in [7, 11) is 0. The minimum atomic E-state index is 0.157. The van der Waals surface area contributed by atoms with Gasteiger partial charge in [-0.15, -0.1) is 0 Å². The number of carbonyl (C=O) groups is 1. The van der Waals surface area contributed by atoms with Crippen molar-refractivity contribution in [2.24, 2.45) is 0 Å². The molecule has 0 aliphatic carbocycles. The molecule has 4 nitrogen and oxygen atoms in total. The largest absolute Gasteiger partial charge is 0.325 e. The third-order valence-electron chi connectivity index (χ3n) is 4.08. The van der Waals surface area contributed by atoms with Gasteiger partial charge < -0.3 is 9.80 Å². The minimum absolute atomic E-state index is 0.157. The van der Waals surface area contributed by atoms with Crippen molar-refractivity contribution in [3.63, 3.8) is 0 Å². The number of nitrogens with zero attached hydrogens (tertiary/aromatic N) is 3. The Balaban J connectivity index is 1.91. The zero-order valence-electron chi connectivity index (χ0n) is 14.3. The molecule has 2 rings (SSSR count). The Hall–Kier alpha value is -2.28. The summed E-state index contributed by atoms with van der Waals surface area (Å²) >= 11 is 0. The van der Waals surface area contributed by atoms with E-state index in [9.17, 15) is 4.79 Å². The maximum absolute atomic E-state index is 12.3. The fraction of sp³-hybridized carbons (Fsp3) is 0.474. The van der Waals surface area contributed by atoms with Gasteiger partial charge in [-0.1, -0.05) is 17.6 Å². The molecule has 4 heteroatoms. The zero-order chi connectivity index (χ0) is 16.7. The third-order valence-corrected chi connectivity index (χ3v) is 4.08. The second kappa shape index (κ2) is 8.38. The van der Waals surface area contributed by atoms with Gasteiger partial charge in [0.2, 0.25) is 0 Å². The van der Waals surface area contributed by atoms with E-state index in [1.165, 1.54) is 5.57 Å².